The maximum absolute atomic E-state index is 9.15. The molecule has 1 heterocycles. The number of rotatable bonds is 4. The summed E-state index contributed by atoms with van der Waals surface area (Å²) in [7, 11) is 1.95. The first-order chi connectivity index (χ1) is 9.26. The van der Waals surface area contributed by atoms with Gasteiger partial charge in [0, 0.05) is 31.5 Å². The lowest BCUT2D eigenvalue weighted by Crippen LogP contribution is -2.11. The van der Waals surface area contributed by atoms with Gasteiger partial charge in [-0.05, 0) is 25.1 Å². The molecule has 0 saturated carbocycles. The van der Waals surface area contributed by atoms with Gasteiger partial charge in [-0.3, -0.25) is 0 Å². The molecule has 96 valence electrons. The third-order valence-corrected chi connectivity index (χ3v) is 2.87. The van der Waals surface area contributed by atoms with Gasteiger partial charge in [0.15, 0.2) is 0 Å². The molecule has 0 saturated heterocycles. The van der Waals surface area contributed by atoms with Gasteiger partial charge in [-0.2, -0.15) is 5.26 Å². The Labute approximate surface area is 113 Å². The lowest BCUT2D eigenvalue weighted by atomic mass is 10.1. The Kier molecular flexibility index (Phi) is 3.99. The average Bonchev–Trinajstić information content (AvgIpc) is 2.47. The molecule has 0 atom stereocenters. The van der Waals surface area contributed by atoms with E-state index in [0.29, 0.717) is 5.56 Å². The Hall–Kier alpha value is -2.54. The molecule has 0 aliphatic heterocycles. The summed E-state index contributed by atoms with van der Waals surface area (Å²) >= 11 is 0. The van der Waals surface area contributed by atoms with Gasteiger partial charge in [-0.1, -0.05) is 12.1 Å². The predicted molar refractivity (Wildman–Crippen MR) is 77.6 cm³/mol. The van der Waals surface area contributed by atoms with Crippen LogP contribution < -0.4 is 10.2 Å². The van der Waals surface area contributed by atoms with Crippen LogP contribution in [0.15, 0.2) is 42.6 Å². The van der Waals surface area contributed by atoms with E-state index in [1.54, 1.807) is 6.20 Å². The fraction of sp³-hybridized carbons (Fsp3) is 0.200. The summed E-state index contributed by atoms with van der Waals surface area (Å²) in [4.78, 5) is 6.23. The van der Waals surface area contributed by atoms with Gasteiger partial charge in [-0.15, -0.1) is 0 Å². The van der Waals surface area contributed by atoms with E-state index in [9.17, 15) is 0 Å². The molecule has 0 fully saturated rings. The van der Waals surface area contributed by atoms with Crippen LogP contribution in [0.3, 0.4) is 0 Å². The fourth-order valence-corrected chi connectivity index (χ4v) is 1.91. The van der Waals surface area contributed by atoms with Crippen molar-refractivity contribution in [2.45, 2.75) is 6.92 Å². The minimum Gasteiger partial charge on any atom is -0.370 e. The number of pyridine rings is 1. The van der Waals surface area contributed by atoms with E-state index in [2.05, 4.69) is 16.4 Å². The van der Waals surface area contributed by atoms with Gasteiger partial charge in [0.2, 0.25) is 0 Å². The molecule has 0 spiro atoms. The largest absolute Gasteiger partial charge is 0.370 e. The molecule has 1 aromatic heterocycles. The molecule has 0 bridgehead atoms. The molecule has 19 heavy (non-hydrogen) atoms. The van der Waals surface area contributed by atoms with E-state index in [1.807, 2.05) is 55.3 Å². The number of hydrogen-bond donors (Lipinski definition) is 1. The van der Waals surface area contributed by atoms with Crippen LogP contribution in [-0.4, -0.2) is 18.6 Å². The summed E-state index contributed by atoms with van der Waals surface area (Å²) in [6.07, 6.45) is 1.76. The van der Waals surface area contributed by atoms with Crippen LogP contribution in [0.5, 0.6) is 0 Å². The highest BCUT2D eigenvalue weighted by molar-refractivity contribution is 5.69. The quantitative estimate of drug-likeness (QED) is 0.908. The van der Waals surface area contributed by atoms with E-state index in [4.69, 9.17) is 5.26 Å². The van der Waals surface area contributed by atoms with Crippen molar-refractivity contribution in [3.05, 3.63) is 48.2 Å². The van der Waals surface area contributed by atoms with Crippen molar-refractivity contribution in [1.29, 1.82) is 5.26 Å². The number of nitrogens with one attached hydrogen (secondary N) is 1. The average molecular weight is 252 g/mol. The van der Waals surface area contributed by atoms with Crippen molar-refractivity contribution >= 4 is 17.2 Å². The van der Waals surface area contributed by atoms with Crippen LogP contribution in [0.25, 0.3) is 0 Å². The van der Waals surface area contributed by atoms with E-state index in [1.165, 1.54) is 0 Å². The molecular formula is C15H16N4. The van der Waals surface area contributed by atoms with Crippen LogP contribution >= 0.6 is 0 Å². The van der Waals surface area contributed by atoms with Gasteiger partial charge >= 0.3 is 0 Å². The highest BCUT2D eigenvalue weighted by atomic mass is 15.1. The molecule has 4 heteroatoms. The zero-order chi connectivity index (χ0) is 13.7. The highest BCUT2D eigenvalue weighted by Gasteiger charge is 2.09. The van der Waals surface area contributed by atoms with E-state index in [0.717, 1.165) is 23.7 Å². The minimum atomic E-state index is 0.659. The van der Waals surface area contributed by atoms with Gasteiger partial charge in [-0.25, -0.2) is 4.98 Å². The maximum atomic E-state index is 9.15. The van der Waals surface area contributed by atoms with Gasteiger partial charge < -0.3 is 10.2 Å². The monoisotopic (exact) mass is 252 g/mol. The van der Waals surface area contributed by atoms with Gasteiger partial charge in [0.25, 0.3) is 0 Å². The maximum Gasteiger partial charge on any atom is 0.127 e. The second-order valence-electron chi connectivity index (χ2n) is 4.12. The zero-order valence-corrected chi connectivity index (χ0v) is 11.1. The molecule has 2 aromatic rings. The number of aromatic nitrogens is 1. The third-order valence-electron chi connectivity index (χ3n) is 2.87. The van der Waals surface area contributed by atoms with Crippen LogP contribution in [0.1, 0.15) is 12.5 Å². The normalized spacial score (nSPS) is 9.74. The first-order valence-corrected chi connectivity index (χ1v) is 6.19. The standard InChI is InChI=1S/C15H16N4/c1-3-17-15-10-13(8-9-18-15)19(2)14-7-5-4-6-12(14)11-16/h4-10H,3H2,1-2H3,(H,17,18). The number of benzene rings is 1. The number of para-hydroxylation sites is 1. The second-order valence-corrected chi connectivity index (χ2v) is 4.12. The Morgan fingerprint density at radius 1 is 1.32 bits per heavy atom. The van der Waals surface area contributed by atoms with Crippen molar-refractivity contribution in [3.8, 4) is 6.07 Å². The summed E-state index contributed by atoms with van der Waals surface area (Å²) in [6, 6.07) is 13.7. The Morgan fingerprint density at radius 2 is 2.11 bits per heavy atom. The molecule has 0 unspecified atom stereocenters. The molecule has 2 rings (SSSR count). The minimum absolute atomic E-state index is 0.659. The Morgan fingerprint density at radius 3 is 2.84 bits per heavy atom. The molecule has 0 aliphatic carbocycles. The number of hydrogen-bond acceptors (Lipinski definition) is 4. The van der Waals surface area contributed by atoms with Gasteiger partial charge in [0.05, 0.1) is 11.3 Å². The summed E-state index contributed by atoms with van der Waals surface area (Å²) in [5.41, 5.74) is 2.54. The first kappa shape index (κ1) is 12.9. The molecule has 1 aromatic carbocycles. The molecule has 0 amide bonds. The van der Waals surface area contributed by atoms with Gasteiger partial charge in [0.1, 0.15) is 11.9 Å². The molecule has 1 N–H and O–H groups in total. The summed E-state index contributed by atoms with van der Waals surface area (Å²) < 4.78 is 0. The van der Waals surface area contributed by atoms with Crippen molar-refractivity contribution in [1.82, 2.24) is 4.98 Å². The number of anilines is 3. The summed E-state index contributed by atoms with van der Waals surface area (Å²) in [6.45, 7) is 2.86. The lowest BCUT2D eigenvalue weighted by molar-refractivity contribution is 1.14. The van der Waals surface area contributed by atoms with Crippen LogP contribution in [0, 0.1) is 11.3 Å². The molecule has 0 aliphatic rings. The molecular weight excluding hydrogens is 236 g/mol. The van der Waals surface area contributed by atoms with Crippen molar-refractivity contribution in [3.63, 3.8) is 0 Å². The van der Waals surface area contributed by atoms with Crippen molar-refractivity contribution in [2.24, 2.45) is 0 Å². The van der Waals surface area contributed by atoms with E-state index >= 15 is 0 Å². The van der Waals surface area contributed by atoms with Crippen LogP contribution in [0.2, 0.25) is 0 Å². The first-order valence-electron chi connectivity index (χ1n) is 6.19. The smallest absolute Gasteiger partial charge is 0.127 e. The summed E-state index contributed by atoms with van der Waals surface area (Å²) in [5, 5.41) is 12.3. The lowest BCUT2D eigenvalue weighted by Gasteiger charge is -2.21. The number of nitriles is 1. The molecule has 4 nitrogen and oxygen atoms in total. The Bertz CT molecular complexity index is 601. The Balaban J connectivity index is 2.36. The van der Waals surface area contributed by atoms with Crippen LogP contribution in [-0.2, 0) is 0 Å². The van der Waals surface area contributed by atoms with E-state index in [-0.39, 0.29) is 0 Å². The predicted octanol–water partition coefficient (Wildman–Crippen LogP) is 3.15. The van der Waals surface area contributed by atoms with Crippen molar-refractivity contribution in [2.75, 3.05) is 23.8 Å². The van der Waals surface area contributed by atoms with E-state index < -0.39 is 0 Å². The topological polar surface area (TPSA) is 52.0 Å². The van der Waals surface area contributed by atoms with Crippen molar-refractivity contribution < 1.29 is 0 Å². The summed E-state index contributed by atoms with van der Waals surface area (Å²) in [5.74, 6) is 0.835. The third kappa shape index (κ3) is 2.83. The highest BCUT2D eigenvalue weighted by Crippen LogP contribution is 2.27. The number of nitrogens with zero attached hydrogens (tertiary/aromatic N) is 3. The second kappa shape index (κ2) is 5.87. The SMILES string of the molecule is CCNc1cc(N(C)c2ccccc2C#N)ccn1. The fourth-order valence-electron chi connectivity index (χ4n) is 1.91. The van der Waals surface area contributed by atoms with Crippen LogP contribution in [0.4, 0.5) is 17.2 Å². The molecule has 0 radical (unpaired) electrons. The zero-order valence-electron chi connectivity index (χ0n) is 11.1.